The van der Waals surface area contributed by atoms with Crippen molar-refractivity contribution in [2.75, 3.05) is 0 Å². The summed E-state index contributed by atoms with van der Waals surface area (Å²) in [6.07, 6.45) is 1.72. The van der Waals surface area contributed by atoms with Crippen LogP contribution in [0.5, 0.6) is 11.5 Å². The summed E-state index contributed by atoms with van der Waals surface area (Å²) in [5, 5.41) is 11.0. The zero-order valence-corrected chi connectivity index (χ0v) is 15.5. The number of aromatic nitrogens is 1. The smallest absolute Gasteiger partial charge is 0.409 e. The average molecular weight is 384 g/mol. The van der Waals surface area contributed by atoms with Crippen LogP contribution >= 0.6 is 0 Å². The number of carbonyl (C=O) groups excluding carboxylic acids is 2. The predicted octanol–water partition coefficient (Wildman–Crippen LogP) is 3.94. The van der Waals surface area contributed by atoms with Crippen LogP contribution in [0, 0.1) is 0 Å². The van der Waals surface area contributed by atoms with Crippen molar-refractivity contribution in [2.24, 2.45) is 0 Å². The van der Waals surface area contributed by atoms with E-state index in [2.05, 4.69) is 0 Å². The number of aromatic hydroxyl groups is 1. The fourth-order valence-electron chi connectivity index (χ4n) is 3.16. The summed E-state index contributed by atoms with van der Waals surface area (Å²) in [7, 11) is 0. The molecule has 4 rings (SSSR count). The third kappa shape index (κ3) is 3.99. The number of fused-ring (bicyclic) bond motifs is 1. The zero-order valence-electron chi connectivity index (χ0n) is 15.5. The molecule has 1 heterocycles. The lowest BCUT2D eigenvalue weighted by Crippen LogP contribution is -2.44. The van der Waals surface area contributed by atoms with Gasteiger partial charge >= 0.3 is 5.97 Å². The van der Waals surface area contributed by atoms with Crippen molar-refractivity contribution in [3.8, 4) is 11.5 Å². The fourth-order valence-corrected chi connectivity index (χ4v) is 3.16. The van der Waals surface area contributed by atoms with Gasteiger partial charge in [-0.15, -0.1) is 0 Å². The van der Waals surface area contributed by atoms with E-state index in [0.717, 1.165) is 5.39 Å². The van der Waals surface area contributed by atoms with Gasteiger partial charge in [0, 0.05) is 11.6 Å². The van der Waals surface area contributed by atoms with Crippen LogP contribution in [0.3, 0.4) is 0 Å². The first-order valence-corrected chi connectivity index (χ1v) is 9.12. The quantitative estimate of drug-likeness (QED) is 0.245. The first-order valence-electron chi connectivity index (χ1n) is 9.12. The number of Topliss-reactive ketones (excluding diaryl/α,β-unsaturated/α-hetero) is 1. The zero-order chi connectivity index (χ0) is 20.2. The molecule has 142 valence electrons. The minimum absolute atomic E-state index is 0.00879. The number of benzene rings is 3. The topological polar surface area (TPSA) is 67.5 Å². The number of pyridine rings is 1. The van der Waals surface area contributed by atoms with Gasteiger partial charge in [0.05, 0.1) is 5.39 Å². The summed E-state index contributed by atoms with van der Waals surface area (Å²) >= 11 is 0. The Labute approximate surface area is 167 Å². The van der Waals surface area contributed by atoms with Gasteiger partial charge in [0.1, 0.15) is 11.5 Å². The molecule has 5 nitrogen and oxygen atoms in total. The molecule has 0 aliphatic rings. The molecule has 0 unspecified atom stereocenters. The number of hydrogen-bond acceptors (Lipinski definition) is 4. The Morgan fingerprint density at radius 2 is 1.52 bits per heavy atom. The number of esters is 1. The SMILES string of the molecule is O=C(C[n+]1ccc2ccccc2c1C(=O)Oc1ccc(O)cc1)c1ccccc1. The first kappa shape index (κ1) is 18.4. The summed E-state index contributed by atoms with van der Waals surface area (Å²) in [5.41, 5.74) is 0.867. The highest BCUT2D eigenvalue weighted by atomic mass is 16.5. The molecule has 0 aliphatic carbocycles. The number of rotatable bonds is 5. The number of phenols is 1. The highest BCUT2D eigenvalue weighted by Gasteiger charge is 2.27. The summed E-state index contributed by atoms with van der Waals surface area (Å²) in [6.45, 7) is 0.00879. The molecule has 0 saturated heterocycles. The molecule has 5 heteroatoms. The number of nitrogens with zero attached hydrogens (tertiary/aromatic N) is 1. The fraction of sp³-hybridized carbons (Fsp3) is 0.0417. The molecule has 0 amide bonds. The first-order chi connectivity index (χ1) is 14.1. The number of hydrogen-bond donors (Lipinski definition) is 1. The van der Waals surface area contributed by atoms with Crippen LogP contribution in [-0.2, 0) is 6.54 Å². The second kappa shape index (κ2) is 7.94. The normalized spacial score (nSPS) is 10.6. The van der Waals surface area contributed by atoms with Crippen LogP contribution in [0.2, 0.25) is 0 Å². The van der Waals surface area contributed by atoms with E-state index < -0.39 is 5.97 Å². The van der Waals surface area contributed by atoms with E-state index in [-0.39, 0.29) is 18.1 Å². The second-order valence-electron chi connectivity index (χ2n) is 6.55. The van der Waals surface area contributed by atoms with Crippen LogP contribution in [0.15, 0.2) is 91.1 Å². The lowest BCUT2D eigenvalue weighted by Gasteiger charge is -2.08. The lowest BCUT2D eigenvalue weighted by atomic mass is 10.1. The second-order valence-corrected chi connectivity index (χ2v) is 6.55. The minimum Gasteiger partial charge on any atom is -0.508 e. The van der Waals surface area contributed by atoms with Crippen molar-refractivity contribution >= 4 is 22.5 Å². The number of ketones is 1. The van der Waals surface area contributed by atoms with Crippen LogP contribution < -0.4 is 9.30 Å². The minimum atomic E-state index is -0.576. The molecular weight excluding hydrogens is 366 g/mol. The predicted molar refractivity (Wildman–Crippen MR) is 108 cm³/mol. The Balaban J connectivity index is 1.73. The summed E-state index contributed by atoms with van der Waals surface area (Å²) < 4.78 is 7.12. The van der Waals surface area contributed by atoms with Crippen LogP contribution in [0.25, 0.3) is 10.8 Å². The van der Waals surface area contributed by atoms with Gasteiger partial charge < -0.3 is 9.84 Å². The van der Waals surface area contributed by atoms with Gasteiger partial charge in [-0.25, -0.2) is 4.79 Å². The lowest BCUT2D eigenvalue weighted by molar-refractivity contribution is -0.684. The number of phenolic OH excluding ortho intramolecular Hbond substituents is 1. The number of ether oxygens (including phenoxy) is 1. The van der Waals surface area contributed by atoms with Crippen molar-refractivity contribution in [2.45, 2.75) is 6.54 Å². The maximum Gasteiger partial charge on any atom is 0.409 e. The molecule has 3 aromatic carbocycles. The van der Waals surface area contributed by atoms with Gasteiger partial charge in [-0.2, -0.15) is 4.57 Å². The third-order valence-corrected chi connectivity index (χ3v) is 4.59. The maximum atomic E-state index is 13.0. The molecule has 0 fully saturated rings. The largest absolute Gasteiger partial charge is 0.508 e. The summed E-state index contributed by atoms with van der Waals surface area (Å²) in [5.74, 6) is -0.293. The molecule has 0 aliphatic heterocycles. The molecule has 0 bridgehead atoms. The van der Waals surface area contributed by atoms with Crippen molar-refractivity contribution in [1.29, 1.82) is 0 Å². The highest BCUT2D eigenvalue weighted by Crippen LogP contribution is 2.20. The van der Waals surface area contributed by atoms with Crippen molar-refractivity contribution in [3.63, 3.8) is 0 Å². The van der Waals surface area contributed by atoms with E-state index >= 15 is 0 Å². The highest BCUT2D eigenvalue weighted by molar-refractivity contribution is 6.02. The molecule has 29 heavy (non-hydrogen) atoms. The van der Waals surface area contributed by atoms with Crippen molar-refractivity contribution < 1.29 is 24.0 Å². The monoisotopic (exact) mass is 384 g/mol. The van der Waals surface area contributed by atoms with Crippen molar-refractivity contribution in [1.82, 2.24) is 0 Å². The Hall–Kier alpha value is -3.99. The van der Waals surface area contributed by atoms with Gasteiger partial charge in [0.15, 0.2) is 6.20 Å². The van der Waals surface area contributed by atoms with Crippen LogP contribution in [-0.4, -0.2) is 16.9 Å². The van der Waals surface area contributed by atoms with Crippen LogP contribution in [0.4, 0.5) is 0 Å². The van der Waals surface area contributed by atoms with Gasteiger partial charge in [0.25, 0.3) is 5.69 Å². The molecule has 0 radical (unpaired) electrons. The molecule has 0 saturated carbocycles. The van der Waals surface area contributed by atoms with Gasteiger partial charge in [-0.3, -0.25) is 4.79 Å². The van der Waals surface area contributed by atoms with Gasteiger partial charge in [0.2, 0.25) is 12.3 Å². The Kier molecular flexibility index (Phi) is 5.03. The van der Waals surface area contributed by atoms with E-state index in [1.165, 1.54) is 24.3 Å². The van der Waals surface area contributed by atoms with Crippen LogP contribution in [0.1, 0.15) is 20.8 Å². The van der Waals surface area contributed by atoms with E-state index in [4.69, 9.17) is 4.74 Å². The summed E-state index contributed by atoms with van der Waals surface area (Å²) in [6, 6.07) is 24.2. The Bertz CT molecular complexity index is 1180. The van der Waals surface area contributed by atoms with Crippen molar-refractivity contribution in [3.05, 3.63) is 102 Å². The van der Waals surface area contributed by atoms with E-state index in [1.54, 1.807) is 35.0 Å². The molecule has 0 atom stereocenters. The van der Waals surface area contributed by atoms with E-state index in [9.17, 15) is 14.7 Å². The van der Waals surface area contributed by atoms with Gasteiger partial charge in [-0.1, -0.05) is 48.5 Å². The average Bonchev–Trinajstić information content (AvgIpc) is 2.75. The Morgan fingerprint density at radius 3 is 2.28 bits per heavy atom. The van der Waals surface area contributed by atoms with E-state index in [1.807, 2.05) is 36.4 Å². The van der Waals surface area contributed by atoms with Gasteiger partial charge in [-0.05, 0) is 35.7 Å². The molecule has 1 N–H and O–H groups in total. The molecular formula is C24H18NO4+. The third-order valence-electron chi connectivity index (χ3n) is 4.59. The van der Waals surface area contributed by atoms with E-state index in [0.29, 0.717) is 22.4 Å². The molecule has 4 aromatic rings. The molecule has 0 spiro atoms. The maximum absolute atomic E-state index is 13.0. The summed E-state index contributed by atoms with van der Waals surface area (Å²) in [4.78, 5) is 25.8. The standard InChI is InChI=1S/C24H17NO4/c26-19-10-12-20(13-11-19)29-24(28)23-21-9-5-4-6-17(21)14-15-25(23)16-22(27)18-7-2-1-3-8-18/h1-15H,16H2/p+1. The Morgan fingerprint density at radius 1 is 0.828 bits per heavy atom. The number of carbonyl (C=O) groups is 2. The molecule has 1 aromatic heterocycles.